The Hall–Kier alpha value is -0.750. The molecule has 0 aliphatic carbocycles. The fraction of sp³-hybridized carbons (Fsp3) is 0.632. The molecule has 0 amide bonds. The number of halogens is 1. The summed E-state index contributed by atoms with van der Waals surface area (Å²) >= 11 is 0. The Morgan fingerprint density at radius 3 is 2.41 bits per heavy atom. The predicted octanol–water partition coefficient (Wildman–Crippen LogP) is 4.03. The molecule has 2 atom stereocenters. The second-order valence-electron chi connectivity index (χ2n) is 6.99. The summed E-state index contributed by atoms with van der Waals surface area (Å²) in [6, 6.07) is 7.22. The van der Waals surface area contributed by atoms with Crippen molar-refractivity contribution in [1.82, 2.24) is 5.32 Å². The lowest BCUT2D eigenvalue weighted by atomic mass is 9.99. The summed E-state index contributed by atoms with van der Waals surface area (Å²) in [5.41, 5.74) is 1.85. The third kappa shape index (κ3) is 8.86. The molecule has 0 aromatic heterocycles. The standard InChI is InChI=1S/C19H30NO5P.ClH/c1-2-3-4-5-6-7-8-15-9-11-16(12-10-15)19(21)18-13-17(14-20-18)25-26(22,23)24;/h9-12,17-18,20H,2-8,13-14H2,1H3,(H2,22,23,24);1H/t17-,18+;/m0./s1. The molecule has 154 valence electrons. The maximum atomic E-state index is 12.5. The summed E-state index contributed by atoms with van der Waals surface area (Å²) in [6.07, 6.45) is 8.24. The molecule has 0 bridgehead atoms. The second kappa shape index (κ2) is 11.9. The summed E-state index contributed by atoms with van der Waals surface area (Å²) < 4.78 is 15.6. The van der Waals surface area contributed by atoms with Gasteiger partial charge in [-0.15, -0.1) is 12.4 Å². The number of benzene rings is 1. The molecule has 8 heteroatoms. The van der Waals surface area contributed by atoms with Crippen LogP contribution in [0.25, 0.3) is 0 Å². The number of phosphoric ester groups is 1. The van der Waals surface area contributed by atoms with Gasteiger partial charge in [0.25, 0.3) is 0 Å². The molecular weight excluding hydrogens is 389 g/mol. The highest BCUT2D eigenvalue weighted by atomic mass is 35.5. The lowest BCUT2D eigenvalue weighted by Crippen LogP contribution is -2.30. The largest absolute Gasteiger partial charge is 0.469 e. The number of rotatable bonds is 11. The molecule has 1 aromatic rings. The van der Waals surface area contributed by atoms with Gasteiger partial charge in [0, 0.05) is 12.1 Å². The molecule has 27 heavy (non-hydrogen) atoms. The van der Waals surface area contributed by atoms with E-state index in [2.05, 4.69) is 16.8 Å². The molecule has 1 aliphatic heterocycles. The Balaban J connectivity index is 0.00000364. The van der Waals surface area contributed by atoms with Gasteiger partial charge in [0.2, 0.25) is 0 Å². The van der Waals surface area contributed by atoms with Gasteiger partial charge >= 0.3 is 7.82 Å². The van der Waals surface area contributed by atoms with Crippen LogP contribution >= 0.6 is 20.2 Å². The van der Waals surface area contributed by atoms with Crippen LogP contribution in [0.4, 0.5) is 0 Å². The molecule has 1 fully saturated rings. The van der Waals surface area contributed by atoms with Crippen LogP contribution in [0.15, 0.2) is 24.3 Å². The number of hydrogen-bond acceptors (Lipinski definition) is 4. The van der Waals surface area contributed by atoms with E-state index in [4.69, 9.17) is 9.79 Å². The van der Waals surface area contributed by atoms with Crippen molar-refractivity contribution in [2.24, 2.45) is 0 Å². The van der Waals surface area contributed by atoms with Crippen LogP contribution < -0.4 is 5.32 Å². The van der Waals surface area contributed by atoms with Crippen molar-refractivity contribution in [2.75, 3.05) is 6.54 Å². The summed E-state index contributed by atoms with van der Waals surface area (Å²) in [6.45, 7) is 2.48. The average Bonchev–Trinajstić information content (AvgIpc) is 3.04. The Bertz CT molecular complexity index is 619. The molecule has 1 saturated heterocycles. The van der Waals surface area contributed by atoms with E-state index in [9.17, 15) is 9.36 Å². The Morgan fingerprint density at radius 2 is 1.78 bits per heavy atom. The van der Waals surface area contributed by atoms with Crippen LogP contribution in [0, 0.1) is 0 Å². The Morgan fingerprint density at radius 1 is 1.15 bits per heavy atom. The van der Waals surface area contributed by atoms with Crippen LogP contribution in [-0.2, 0) is 15.5 Å². The van der Waals surface area contributed by atoms with Crippen molar-refractivity contribution in [3.63, 3.8) is 0 Å². The van der Waals surface area contributed by atoms with Crippen LogP contribution in [0.2, 0.25) is 0 Å². The van der Waals surface area contributed by atoms with Gasteiger partial charge in [0.15, 0.2) is 5.78 Å². The number of Topliss-reactive ketones (excluding diaryl/α,β-unsaturated/α-hetero) is 1. The third-order valence-corrected chi connectivity index (χ3v) is 5.32. The minimum atomic E-state index is -4.52. The monoisotopic (exact) mass is 419 g/mol. The van der Waals surface area contributed by atoms with Gasteiger partial charge in [-0.05, 0) is 24.8 Å². The maximum Gasteiger partial charge on any atom is 0.469 e. The number of ketones is 1. The summed E-state index contributed by atoms with van der Waals surface area (Å²) in [7, 11) is -4.52. The average molecular weight is 420 g/mol. The van der Waals surface area contributed by atoms with Crippen LogP contribution in [-0.4, -0.2) is 34.3 Å². The molecule has 0 unspecified atom stereocenters. The molecule has 1 aromatic carbocycles. The van der Waals surface area contributed by atoms with Gasteiger partial charge in [0.05, 0.1) is 12.1 Å². The first-order valence-corrected chi connectivity index (χ1v) is 11.0. The van der Waals surface area contributed by atoms with Gasteiger partial charge < -0.3 is 15.1 Å². The van der Waals surface area contributed by atoms with E-state index >= 15 is 0 Å². The van der Waals surface area contributed by atoms with Crippen molar-refractivity contribution >= 4 is 26.0 Å². The molecule has 3 N–H and O–H groups in total. The quantitative estimate of drug-likeness (QED) is 0.284. The van der Waals surface area contributed by atoms with E-state index in [-0.39, 0.29) is 31.2 Å². The lowest BCUT2D eigenvalue weighted by Gasteiger charge is -2.12. The van der Waals surface area contributed by atoms with Crippen LogP contribution in [0.5, 0.6) is 0 Å². The second-order valence-corrected chi connectivity index (χ2v) is 8.19. The van der Waals surface area contributed by atoms with Gasteiger partial charge in [-0.2, -0.15) is 0 Å². The van der Waals surface area contributed by atoms with Crippen molar-refractivity contribution in [2.45, 2.75) is 70.4 Å². The van der Waals surface area contributed by atoms with Crippen LogP contribution in [0.1, 0.15) is 67.8 Å². The number of carbonyl (C=O) groups is 1. The number of hydrogen-bond donors (Lipinski definition) is 3. The highest BCUT2D eigenvalue weighted by Crippen LogP contribution is 2.39. The van der Waals surface area contributed by atoms with Crippen LogP contribution in [0.3, 0.4) is 0 Å². The molecule has 0 radical (unpaired) electrons. The predicted molar refractivity (Wildman–Crippen MR) is 108 cm³/mol. The molecule has 1 aliphatic rings. The number of phosphoric acid groups is 1. The van der Waals surface area contributed by atoms with Gasteiger partial charge in [-0.3, -0.25) is 9.32 Å². The minimum Gasteiger partial charge on any atom is -0.304 e. The van der Waals surface area contributed by atoms with E-state index in [0.717, 1.165) is 6.42 Å². The maximum absolute atomic E-state index is 12.5. The van der Waals surface area contributed by atoms with Gasteiger partial charge in [-0.25, -0.2) is 4.57 Å². The fourth-order valence-corrected chi connectivity index (χ4v) is 3.87. The van der Waals surface area contributed by atoms with Gasteiger partial charge in [0.1, 0.15) is 0 Å². The highest BCUT2D eigenvalue weighted by molar-refractivity contribution is 7.46. The zero-order valence-electron chi connectivity index (χ0n) is 15.8. The van der Waals surface area contributed by atoms with Crippen molar-refractivity contribution in [3.8, 4) is 0 Å². The lowest BCUT2D eigenvalue weighted by molar-refractivity contribution is 0.0937. The highest BCUT2D eigenvalue weighted by Gasteiger charge is 2.34. The molecule has 2 rings (SSSR count). The minimum absolute atomic E-state index is 0. The van der Waals surface area contributed by atoms with Crippen molar-refractivity contribution in [3.05, 3.63) is 35.4 Å². The first-order valence-electron chi connectivity index (χ1n) is 9.49. The van der Waals surface area contributed by atoms with Gasteiger partial charge in [-0.1, -0.05) is 63.3 Å². The SMILES string of the molecule is CCCCCCCCc1ccc(C(=O)[C@H]2C[C@H](OP(=O)(O)O)CN2)cc1.Cl. The smallest absolute Gasteiger partial charge is 0.304 e. The first kappa shape index (κ1) is 24.3. The number of carbonyl (C=O) groups excluding carboxylic acids is 1. The zero-order valence-corrected chi connectivity index (χ0v) is 17.5. The topological polar surface area (TPSA) is 95.9 Å². The van der Waals surface area contributed by atoms with Crippen molar-refractivity contribution in [1.29, 1.82) is 0 Å². The van der Waals surface area contributed by atoms with E-state index < -0.39 is 20.0 Å². The molecule has 1 heterocycles. The molecular formula is C19H31ClNO5P. The van der Waals surface area contributed by atoms with E-state index in [1.807, 2.05) is 24.3 Å². The summed E-state index contributed by atoms with van der Waals surface area (Å²) in [4.78, 5) is 30.2. The normalized spacial score (nSPS) is 19.7. The number of nitrogens with one attached hydrogen (secondary N) is 1. The fourth-order valence-electron chi connectivity index (χ4n) is 3.32. The molecule has 6 nitrogen and oxygen atoms in total. The van der Waals surface area contributed by atoms with E-state index in [0.29, 0.717) is 5.56 Å². The Kier molecular flexibility index (Phi) is 10.7. The first-order chi connectivity index (χ1) is 12.4. The Labute approximate surface area is 167 Å². The summed E-state index contributed by atoms with van der Waals surface area (Å²) in [5, 5.41) is 2.98. The zero-order chi connectivity index (χ0) is 19.0. The number of unbranched alkanes of at least 4 members (excludes halogenated alkanes) is 5. The number of aryl methyl sites for hydroxylation is 1. The van der Waals surface area contributed by atoms with E-state index in [1.54, 1.807) is 0 Å². The molecule has 0 saturated carbocycles. The van der Waals surface area contributed by atoms with E-state index in [1.165, 1.54) is 44.1 Å². The third-order valence-electron chi connectivity index (χ3n) is 4.75. The van der Waals surface area contributed by atoms with Crippen molar-refractivity contribution < 1.29 is 23.7 Å². The molecule has 0 spiro atoms. The summed E-state index contributed by atoms with van der Waals surface area (Å²) in [5.74, 6) is -0.0621.